The van der Waals surface area contributed by atoms with Gasteiger partial charge in [0, 0.05) is 53.9 Å². The molecule has 0 bridgehead atoms. The van der Waals surface area contributed by atoms with Gasteiger partial charge in [-0.05, 0) is 133 Å². The fourth-order valence-corrected chi connectivity index (χ4v) is 9.81. The number of nitrogens with one attached hydrogen (secondary N) is 3. The summed E-state index contributed by atoms with van der Waals surface area (Å²) in [7, 11) is 0. The van der Waals surface area contributed by atoms with Crippen LogP contribution in [0, 0.1) is 17.2 Å². The topological polar surface area (TPSA) is 158 Å². The van der Waals surface area contributed by atoms with E-state index in [9.17, 15) is 37.1 Å². The smallest absolute Gasteiger partial charge is 0.374 e. The molecule has 0 spiro atoms. The molecular formula is C41H52ClF3N8O5S. The van der Waals surface area contributed by atoms with E-state index >= 15 is 0 Å². The Hall–Kier alpha value is -4.37. The number of anilines is 2. The van der Waals surface area contributed by atoms with Gasteiger partial charge in [0.25, 0.3) is 5.91 Å². The maximum Gasteiger partial charge on any atom is 0.417 e. The highest BCUT2D eigenvalue weighted by Crippen LogP contribution is 2.42. The number of halogens is 4. The molecule has 3 N–H and O–H groups in total. The van der Waals surface area contributed by atoms with Crippen molar-refractivity contribution in [3.8, 4) is 6.07 Å². The van der Waals surface area contributed by atoms with Gasteiger partial charge in [0.1, 0.15) is 11.6 Å². The number of carbonyl (C=O) groups excluding carboxylic acids is 5. The van der Waals surface area contributed by atoms with Gasteiger partial charge in [-0.2, -0.15) is 22.7 Å². The zero-order valence-corrected chi connectivity index (χ0v) is 35.3. The Labute approximate surface area is 353 Å². The lowest BCUT2D eigenvalue weighted by Crippen LogP contribution is -2.58. The van der Waals surface area contributed by atoms with E-state index < -0.39 is 40.8 Å². The van der Waals surface area contributed by atoms with Gasteiger partial charge < -0.3 is 20.4 Å². The molecular weight excluding hydrogens is 809 g/mol. The molecule has 59 heavy (non-hydrogen) atoms. The number of nitrogens with zero attached hydrogens (tertiary/aromatic N) is 5. The van der Waals surface area contributed by atoms with Crippen LogP contribution in [0.5, 0.6) is 0 Å². The van der Waals surface area contributed by atoms with Gasteiger partial charge in [0.2, 0.25) is 17.7 Å². The number of piperidine rings is 1. The average molecular weight is 861 g/mol. The molecule has 18 heteroatoms. The largest absolute Gasteiger partial charge is 0.417 e. The van der Waals surface area contributed by atoms with Crippen LogP contribution in [0.15, 0.2) is 47.4 Å². The Bertz CT molecular complexity index is 1940. The van der Waals surface area contributed by atoms with Crippen molar-refractivity contribution in [1.29, 1.82) is 5.26 Å². The van der Waals surface area contributed by atoms with E-state index in [-0.39, 0.29) is 66.1 Å². The molecule has 1 saturated carbocycles. The minimum Gasteiger partial charge on any atom is -0.374 e. The molecule has 1 unspecified atom stereocenters. The summed E-state index contributed by atoms with van der Waals surface area (Å²) < 4.78 is 41.7. The third-order valence-corrected chi connectivity index (χ3v) is 12.8. The van der Waals surface area contributed by atoms with E-state index in [4.69, 9.17) is 5.26 Å². The third kappa shape index (κ3) is 10.7. The fraction of sp³-hybridized carbons (Fsp3) is 0.561. The Morgan fingerprint density at radius 3 is 2.31 bits per heavy atom. The molecule has 0 aromatic heterocycles. The van der Waals surface area contributed by atoms with Crippen LogP contribution >= 0.6 is 24.4 Å². The van der Waals surface area contributed by atoms with Gasteiger partial charge in [-0.1, -0.05) is 6.07 Å². The molecule has 4 aliphatic rings. The average Bonchev–Trinajstić information content (AvgIpc) is 3.32. The number of hydrogen-bond donors (Lipinski definition) is 3. The molecule has 6 amide bonds. The number of nitriles is 1. The first kappa shape index (κ1) is 45.7. The van der Waals surface area contributed by atoms with Crippen LogP contribution in [0.4, 0.5) is 29.3 Å². The maximum absolute atomic E-state index is 13.7. The first-order chi connectivity index (χ1) is 27.4. The summed E-state index contributed by atoms with van der Waals surface area (Å²) in [6, 6.07) is 11.0. The monoisotopic (exact) mass is 860 g/mol. The molecule has 2 aromatic rings. The van der Waals surface area contributed by atoms with E-state index in [0.29, 0.717) is 35.7 Å². The van der Waals surface area contributed by atoms with Crippen LogP contribution in [0.3, 0.4) is 0 Å². The van der Waals surface area contributed by atoms with Crippen molar-refractivity contribution in [3.05, 3.63) is 53.6 Å². The van der Waals surface area contributed by atoms with Gasteiger partial charge >= 0.3 is 12.2 Å². The number of carbonyl (C=O) groups is 5. The number of urea groups is 1. The number of hydrogen-bond acceptors (Lipinski definition) is 10. The van der Waals surface area contributed by atoms with E-state index in [1.807, 2.05) is 6.07 Å². The molecule has 3 heterocycles. The predicted molar refractivity (Wildman–Crippen MR) is 219 cm³/mol. The molecule has 2 aromatic carbocycles. The Kier molecular flexibility index (Phi) is 14.7. The van der Waals surface area contributed by atoms with Crippen molar-refractivity contribution in [2.45, 2.75) is 120 Å². The van der Waals surface area contributed by atoms with Crippen molar-refractivity contribution >= 4 is 65.4 Å². The lowest BCUT2D eigenvalue weighted by molar-refractivity contribution is -0.138. The fourth-order valence-electron chi connectivity index (χ4n) is 8.83. The van der Waals surface area contributed by atoms with Crippen LogP contribution in [0.1, 0.15) is 90.2 Å². The van der Waals surface area contributed by atoms with Crippen LogP contribution in [-0.2, 0) is 25.4 Å². The van der Waals surface area contributed by atoms with Gasteiger partial charge in [-0.3, -0.25) is 29.4 Å². The summed E-state index contributed by atoms with van der Waals surface area (Å²) in [5.41, 5.74) is -1.49. The van der Waals surface area contributed by atoms with Crippen molar-refractivity contribution in [2.24, 2.45) is 5.92 Å². The number of piperazine rings is 1. The maximum atomic E-state index is 13.7. The van der Waals surface area contributed by atoms with Crippen molar-refractivity contribution in [3.63, 3.8) is 0 Å². The molecule has 320 valence electrons. The summed E-state index contributed by atoms with van der Waals surface area (Å²) >= 11 is 0.657. The second kappa shape index (κ2) is 18.9. The molecule has 0 radical (unpaired) electrons. The molecule has 3 aliphatic heterocycles. The first-order valence-electron chi connectivity index (χ1n) is 19.9. The van der Waals surface area contributed by atoms with Gasteiger partial charge in [0.15, 0.2) is 0 Å². The van der Waals surface area contributed by atoms with E-state index in [1.165, 1.54) is 6.07 Å². The highest BCUT2D eigenvalue weighted by Gasteiger charge is 2.54. The van der Waals surface area contributed by atoms with Crippen molar-refractivity contribution in [2.75, 3.05) is 36.8 Å². The van der Waals surface area contributed by atoms with Crippen LogP contribution in [0.2, 0.25) is 0 Å². The van der Waals surface area contributed by atoms with E-state index in [0.717, 1.165) is 74.6 Å². The van der Waals surface area contributed by atoms with Crippen LogP contribution in [-0.4, -0.2) is 105 Å². The number of rotatable bonds is 12. The van der Waals surface area contributed by atoms with Crippen LogP contribution in [0.25, 0.3) is 0 Å². The zero-order valence-electron chi connectivity index (χ0n) is 33.6. The first-order valence-corrected chi connectivity index (χ1v) is 20.7. The summed E-state index contributed by atoms with van der Waals surface area (Å²) in [5.74, 6) is -0.766. The van der Waals surface area contributed by atoms with E-state index in [2.05, 4.69) is 39.6 Å². The van der Waals surface area contributed by atoms with Crippen molar-refractivity contribution in [1.82, 2.24) is 24.3 Å². The second-order valence-electron chi connectivity index (χ2n) is 16.4. The Morgan fingerprint density at radius 2 is 1.66 bits per heavy atom. The van der Waals surface area contributed by atoms with Gasteiger partial charge in [0.05, 0.1) is 23.7 Å². The van der Waals surface area contributed by atoms with Gasteiger partial charge in [-0.25, -0.2) is 4.79 Å². The normalized spacial score (nSPS) is 25.3. The lowest BCUT2D eigenvalue weighted by atomic mass is 9.81. The highest BCUT2D eigenvalue weighted by atomic mass is 35.5. The minimum atomic E-state index is -4.75. The number of benzene rings is 2. The quantitative estimate of drug-likeness (QED) is 0.120. The molecule has 4 fully saturated rings. The number of imide groups is 2. The Balaban J connectivity index is 0.00000661. The summed E-state index contributed by atoms with van der Waals surface area (Å²) in [6.07, 6.45) is 1.25. The molecule has 3 saturated heterocycles. The standard InChI is InChI=1S/C41H51F3N8O5S.ClH/c1-25-22-49(23-26(2)50(25)24-36(54)47-30-9-5-8-29(19-30)46-34-16-17-35(53)48-37(34)55)18-6-7-27-10-13-31(14-11-27)51-39(57)52(38(56)40(51,3)4)58-32-15-12-28(21-45)33(20-32)41(42,43)44;/h5,8-9,12,15,19-20,25-27,31,34,46H,6-7,10-11,13-14,16-18,22-24H2,1-4H3,(H,47,54)(H,48,53,55);1H/t25-,26+,27?,31?,34?;. The molecule has 3 atom stereocenters. The summed E-state index contributed by atoms with van der Waals surface area (Å²) in [6.45, 7) is 10.5. The van der Waals surface area contributed by atoms with Crippen LogP contribution < -0.4 is 16.0 Å². The molecule has 13 nitrogen and oxygen atoms in total. The molecule has 1 aliphatic carbocycles. The van der Waals surface area contributed by atoms with Crippen molar-refractivity contribution < 1.29 is 37.1 Å². The number of amides is 6. The summed E-state index contributed by atoms with van der Waals surface area (Å²) in [5, 5.41) is 17.6. The van der Waals surface area contributed by atoms with E-state index in [1.54, 1.807) is 43.0 Å². The SMILES string of the molecule is C[C@@H]1CN(CCCC2CCC(N3C(=O)N(Sc4ccc(C#N)c(C(F)(F)F)c4)C(=O)C3(C)C)CC2)C[C@H](C)N1CC(=O)Nc1cccc(NC2CCC(=O)NC2=O)c1.Cl. The lowest BCUT2D eigenvalue weighted by Gasteiger charge is -2.44. The third-order valence-electron chi connectivity index (χ3n) is 11.8. The second-order valence-corrected chi connectivity index (χ2v) is 17.5. The number of alkyl halides is 3. The summed E-state index contributed by atoms with van der Waals surface area (Å²) in [4.78, 5) is 70.2. The highest BCUT2D eigenvalue weighted by molar-refractivity contribution is 7.98. The minimum absolute atomic E-state index is 0. The molecule has 6 rings (SSSR count). The van der Waals surface area contributed by atoms with Gasteiger partial charge in [-0.15, -0.1) is 12.4 Å². The zero-order chi connectivity index (χ0) is 41.9. The predicted octanol–water partition coefficient (Wildman–Crippen LogP) is 6.64. The Morgan fingerprint density at radius 1 is 0.983 bits per heavy atom.